The summed E-state index contributed by atoms with van der Waals surface area (Å²) in [6.07, 6.45) is 1.41. The van der Waals surface area contributed by atoms with Gasteiger partial charge in [0.25, 0.3) is 0 Å². The summed E-state index contributed by atoms with van der Waals surface area (Å²) in [5, 5.41) is 0. The average Bonchev–Trinajstić information content (AvgIpc) is 2.14. The Morgan fingerprint density at radius 1 is 1.46 bits per heavy atom. The molecule has 0 fully saturated rings. The lowest BCUT2D eigenvalue weighted by Crippen LogP contribution is -2.19. The minimum Gasteiger partial charge on any atom is -0.438 e. The van der Waals surface area contributed by atoms with Crippen LogP contribution < -0.4 is 0 Å². The van der Waals surface area contributed by atoms with Crippen LogP contribution in [0.2, 0.25) is 0 Å². The van der Waals surface area contributed by atoms with Crippen molar-refractivity contribution in [3.05, 3.63) is 0 Å². The number of rotatable bonds is 6. The molecule has 0 amide bonds. The van der Waals surface area contributed by atoms with Crippen molar-refractivity contribution in [1.29, 1.82) is 0 Å². The van der Waals surface area contributed by atoms with Gasteiger partial charge in [0, 0.05) is 6.61 Å². The van der Waals surface area contributed by atoms with Crippen LogP contribution in [0.3, 0.4) is 0 Å². The number of hydrogen-bond donors (Lipinski definition) is 0. The molecule has 0 rings (SSSR count). The number of hydrogen-bond acceptors (Lipinski definition) is 4. The van der Waals surface area contributed by atoms with Gasteiger partial charge in [0.15, 0.2) is 0 Å². The highest BCUT2D eigenvalue weighted by atomic mass is 16.7. The van der Waals surface area contributed by atoms with Crippen molar-refractivity contribution in [2.75, 3.05) is 20.3 Å². The van der Waals surface area contributed by atoms with Gasteiger partial charge in [0.2, 0.25) is 0 Å². The first-order valence-electron chi connectivity index (χ1n) is 4.53. The lowest BCUT2D eigenvalue weighted by atomic mass is 10.3. The molecule has 4 heteroatoms. The van der Waals surface area contributed by atoms with Gasteiger partial charge in [-0.25, -0.2) is 4.79 Å². The fourth-order valence-corrected chi connectivity index (χ4v) is 0.721. The number of carbonyl (C=O) groups excluding carboxylic acids is 1. The Hall–Kier alpha value is -0.770. The maximum atomic E-state index is 10.5. The Balaban J connectivity index is 3.29. The number of carbonyl (C=O) groups is 1. The number of ether oxygens (including phenoxy) is 3. The first kappa shape index (κ1) is 12.2. The van der Waals surface area contributed by atoms with Crippen molar-refractivity contribution in [1.82, 2.24) is 0 Å². The SMILES string of the molecule is CCCCOC(C)COC(=O)OC. The summed E-state index contributed by atoms with van der Waals surface area (Å²) in [5.41, 5.74) is 0. The highest BCUT2D eigenvalue weighted by Crippen LogP contribution is 1.96. The molecule has 78 valence electrons. The molecule has 0 saturated heterocycles. The van der Waals surface area contributed by atoms with Gasteiger partial charge in [0.05, 0.1) is 13.2 Å². The molecule has 0 radical (unpaired) electrons. The Morgan fingerprint density at radius 2 is 2.15 bits per heavy atom. The van der Waals surface area contributed by atoms with Gasteiger partial charge in [-0.3, -0.25) is 0 Å². The third kappa shape index (κ3) is 7.59. The fraction of sp³-hybridized carbons (Fsp3) is 0.889. The molecular formula is C9H18O4. The summed E-state index contributed by atoms with van der Waals surface area (Å²) in [7, 11) is 1.28. The molecule has 0 aromatic carbocycles. The molecule has 13 heavy (non-hydrogen) atoms. The number of unbranched alkanes of at least 4 members (excludes halogenated alkanes) is 1. The fourth-order valence-electron chi connectivity index (χ4n) is 0.721. The molecule has 1 atom stereocenters. The van der Waals surface area contributed by atoms with Gasteiger partial charge >= 0.3 is 6.16 Å². The van der Waals surface area contributed by atoms with Crippen molar-refractivity contribution in [2.45, 2.75) is 32.8 Å². The second-order valence-electron chi connectivity index (χ2n) is 2.80. The van der Waals surface area contributed by atoms with E-state index in [1.165, 1.54) is 7.11 Å². The highest BCUT2D eigenvalue weighted by molar-refractivity contribution is 5.59. The van der Waals surface area contributed by atoms with Gasteiger partial charge in [0.1, 0.15) is 6.61 Å². The van der Waals surface area contributed by atoms with Crippen LogP contribution in [-0.4, -0.2) is 32.6 Å². The first-order valence-corrected chi connectivity index (χ1v) is 4.53. The van der Waals surface area contributed by atoms with E-state index in [0.29, 0.717) is 6.61 Å². The average molecular weight is 190 g/mol. The van der Waals surface area contributed by atoms with E-state index >= 15 is 0 Å². The zero-order chi connectivity index (χ0) is 10.1. The Bertz CT molecular complexity index is 136. The summed E-state index contributed by atoms with van der Waals surface area (Å²) in [4.78, 5) is 10.5. The number of methoxy groups -OCH3 is 1. The topological polar surface area (TPSA) is 44.8 Å². The van der Waals surface area contributed by atoms with Crippen LogP contribution in [0.15, 0.2) is 0 Å². The summed E-state index contributed by atoms with van der Waals surface area (Å²) >= 11 is 0. The normalized spacial score (nSPS) is 12.2. The molecule has 0 spiro atoms. The smallest absolute Gasteiger partial charge is 0.438 e. The molecule has 0 aliphatic carbocycles. The monoisotopic (exact) mass is 190 g/mol. The van der Waals surface area contributed by atoms with Crippen LogP contribution in [0, 0.1) is 0 Å². The zero-order valence-corrected chi connectivity index (χ0v) is 8.54. The molecule has 0 aliphatic heterocycles. The molecule has 0 bridgehead atoms. The Morgan fingerprint density at radius 3 is 2.69 bits per heavy atom. The molecular weight excluding hydrogens is 172 g/mol. The lowest BCUT2D eigenvalue weighted by molar-refractivity contribution is -0.00392. The summed E-state index contributed by atoms with van der Waals surface area (Å²) in [6, 6.07) is 0. The van der Waals surface area contributed by atoms with E-state index in [4.69, 9.17) is 9.47 Å². The van der Waals surface area contributed by atoms with E-state index in [0.717, 1.165) is 12.8 Å². The van der Waals surface area contributed by atoms with E-state index in [-0.39, 0.29) is 12.7 Å². The Labute approximate surface area is 79.2 Å². The first-order chi connectivity index (χ1) is 6.20. The maximum absolute atomic E-state index is 10.5. The van der Waals surface area contributed by atoms with Crippen molar-refractivity contribution in [3.8, 4) is 0 Å². The molecule has 0 N–H and O–H groups in total. The third-order valence-corrected chi connectivity index (χ3v) is 1.50. The lowest BCUT2D eigenvalue weighted by Gasteiger charge is -2.12. The van der Waals surface area contributed by atoms with Crippen molar-refractivity contribution >= 4 is 6.16 Å². The zero-order valence-electron chi connectivity index (χ0n) is 8.54. The van der Waals surface area contributed by atoms with Gasteiger partial charge in [-0.2, -0.15) is 0 Å². The van der Waals surface area contributed by atoms with Crippen LogP contribution in [-0.2, 0) is 14.2 Å². The van der Waals surface area contributed by atoms with E-state index in [9.17, 15) is 4.79 Å². The molecule has 4 nitrogen and oxygen atoms in total. The van der Waals surface area contributed by atoms with Crippen molar-refractivity contribution < 1.29 is 19.0 Å². The minimum absolute atomic E-state index is 0.0642. The van der Waals surface area contributed by atoms with E-state index in [2.05, 4.69) is 11.7 Å². The molecule has 0 aliphatic rings. The summed E-state index contributed by atoms with van der Waals surface area (Å²) in [6.45, 7) is 4.91. The molecule has 0 heterocycles. The van der Waals surface area contributed by atoms with Crippen LogP contribution >= 0.6 is 0 Å². The molecule has 0 saturated carbocycles. The van der Waals surface area contributed by atoms with Crippen LogP contribution in [0.5, 0.6) is 0 Å². The summed E-state index contributed by atoms with van der Waals surface area (Å²) in [5.74, 6) is 0. The summed E-state index contributed by atoms with van der Waals surface area (Å²) < 4.78 is 14.4. The van der Waals surface area contributed by atoms with Gasteiger partial charge in [-0.05, 0) is 13.3 Å². The van der Waals surface area contributed by atoms with Crippen LogP contribution in [0.4, 0.5) is 4.79 Å². The van der Waals surface area contributed by atoms with Gasteiger partial charge < -0.3 is 14.2 Å². The van der Waals surface area contributed by atoms with Crippen LogP contribution in [0.25, 0.3) is 0 Å². The molecule has 0 aromatic heterocycles. The molecule has 0 aromatic rings. The quantitative estimate of drug-likeness (QED) is 0.474. The predicted octanol–water partition coefficient (Wildman–Crippen LogP) is 1.97. The minimum atomic E-state index is -0.661. The Kier molecular flexibility index (Phi) is 7.39. The van der Waals surface area contributed by atoms with Crippen LogP contribution in [0.1, 0.15) is 26.7 Å². The van der Waals surface area contributed by atoms with E-state index in [1.54, 1.807) is 0 Å². The second kappa shape index (κ2) is 7.86. The maximum Gasteiger partial charge on any atom is 0.508 e. The van der Waals surface area contributed by atoms with Gasteiger partial charge in [-0.15, -0.1) is 0 Å². The standard InChI is InChI=1S/C9H18O4/c1-4-5-6-12-8(2)7-13-9(10)11-3/h8H,4-7H2,1-3H3. The van der Waals surface area contributed by atoms with E-state index in [1.807, 2.05) is 6.92 Å². The predicted molar refractivity (Wildman–Crippen MR) is 48.7 cm³/mol. The van der Waals surface area contributed by atoms with E-state index < -0.39 is 6.16 Å². The van der Waals surface area contributed by atoms with Crippen molar-refractivity contribution in [2.24, 2.45) is 0 Å². The molecule has 1 unspecified atom stereocenters. The largest absolute Gasteiger partial charge is 0.508 e. The highest BCUT2D eigenvalue weighted by Gasteiger charge is 2.06. The second-order valence-corrected chi connectivity index (χ2v) is 2.80. The third-order valence-electron chi connectivity index (χ3n) is 1.50. The van der Waals surface area contributed by atoms with Gasteiger partial charge in [-0.1, -0.05) is 13.3 Å². The van der Waals surface area contributed by atoms with Crippen molar-refractivity contribution in [3.63, 3.8) is 0 Å².